The average molecular weight is 380 g/mol. The molecule has 0 unspecified atom stereocenters. The van der Waals surface area contributed by atoms with Crippen molar-refractivity contribution in [2.24, 2.45) is 0 Å². The molecule has 1 N–H and O–H groups in total. The molecule has 6 heteroatoms. The van der Waals surface area contributed by atoms with Crippen LogP contribution in [0.5, 0.6) is 5.75 Å². The van der Waals surface area contributed by atoms with Gasteiger partial charge >= 0.3 is 0 Å². The number of rotatable bonds is 6. The molecule has 1 aliphatic rings. The van der Waals surface area contributed by atoms with Gasteiger partial charge < -0.3 is 15.0 Å². The van der Waals surface area contributed by atoms with Crippen molar-refractivity contribution in [1.82, 2.24) is 5.32 Å². The van der Waals surface area contributed by atoms with Crippen LogP contribution in [0.25, 0.3) is 0 Å². The lowest BCUT2D eigenvalue weighted by atomic mass is 10.1. The molecule has 0 saturated heterocycles. The molecular formula is C21H20N2O3S. The number of nitrogens with one attached hydrogen (secondary N) is 1. The Morgan fingerprint density at radius 1 is 1.26 bits per heavy atom. The van der Waals surface area contributed by atoms with E-state index in [1.54, 1.807) is 18.1 Å². The summed E-state index contributed by atoms with van der Waals surface area (Å²) in [6.45, 7) is 4.31. The van der Waals surface area contributed by atoms with Gasteiger partial charge in [0.15, 0.2) is 0 Å². The number of ether oxygens (including phenoxy) is 1. The molecule has 27 heavy (non-hydrogen) atoms. The van der Waals surface area contributed by atoms with Crippen molar-refractivity contribution in [3.8, 4) is 5.75 Å². The lowest BCUT2D eigenvalue weighted by molar-refractivity contribution is -0.117. The number of para-hydroxylation sites is 1. The van der Waals surface area contributed by atoms with Crippen LogP contribution in [-0.2, 0) is 16.1 Å². The Balaban J connectivity index is 1.93. The molecule has 0 atom stereocenters. The number of hydrogen-bond donors (Lipinski definition) is 1. The van der Waals surface area contributed by atoms with Gasteiger partial charge in [0, 0.05) is 17.5 Å². The lowest BCUT2D eigenvalue weighted by Gasteiger charge is -2.30. The Labute approximate surface area is 162 Å². The van der Waals surface area contributed by atoms with E-state index in [-0.39, 0.29) is 11.8 Å². The van der Waals surface area contributed by atoms with E-state index in [0.717, 1.165) is 21.9 Å². The number of fused-ring (bicyclic) bond motifs is 1. The summed E-state index contributed by atoms with van der Waals surface area (Å²) in [5.41, 5.74) is 1.78. The zero-order valence-corrected chi connectivity index (χ0v) is 15.8. The summed E-state index contributed by atoms with van der Waals surface area (Å²) in [5, 5.41) is 2.67. The van der Waals surface area contributed by atoms with Crippen molar-refractivity contribution < 1.29 is 14.3 Å². The molecule has 0 radical (unpaired) electrons. The van der Waals surface area contributed by atoms with Crippen LogP contribution in [0.15, 0.2) is 77.1 Å². The molecule has 0 aliphatic carbocycles. The van der Waals surface area contributed by atoms with Crippen molar-refractivity contribution in [1.29, 1.82) is 0 Å². The Hall–Kier alpha value is -2.99. The third-order valence-electron chi connectivity index (χ3n) is 3.99. The van der Waals surface area contributed by atoms with Crippen LogP contribution < -0.4 is 15.0 Å². The maximum absolute atomic E-state index is 13.1. The van der Waals surface area contributed by atoms with Gasteiger partial charge in [-0.1, -0.05) is 42.1 Å². The molecule has 1 heterocycles. The number of anilines is 1. The largest absolute Gasteiger partial charge is 0.497 e. The molecule has 138 valence electrons. The fourth-order valence-corrected chi connectivity index (χ4v) is 3.75. The summed E-state index contributed by atoms with van der Waals surface area (Å²) < 4.78 is 5.27. The molecule has 5 nitrogen and oxygen atoms in total. The van der Waals surface area contributed by atoms with Crippen LogP contribution in [0.2, 0.25) is 0 Å². The number of carbonyl (C=O) groups excluding carboxylic acids is 2. The monoisotopic (exact) mass is 380 g/mol. The summed E-state index contributed by atoms with van der Waals surface area (Å²) in [4.78, 5) is 28.1. The van der Waals surface area contributed by atoms with Crippen LogP contribution >= 0.6 is 11.8 Å². The van der Waals surface area contributed by atoms with E-state index >= 15 is 0 Å². The molecule has 2 amide bonds. The smallest absolute Gasteiger partial charge is 0.265 e. The van der Waals surface area contributed by atoms with Gasteiger partial charge in [0.2, 0.25) is 5.91 Å². The zero-order valence-electron chi connectivity index (χ0n) is 15.0. The van der Waals surface area contributed by atoms with E-state index < -0.39 is 0 Å². The second-order valence-electron chi connectivity index (χ2n) is 5.86. The molecule has 1 aliphatic heterocycles. The van der Waals surface area contributed by atoms with Crippen LogP contribution in [0.3, 0.4) is 0 Å². The third kappa shape index (κ3) is 4.41. The number of methoxy groups -OCH3 is 1. The van der Waals surface area contributed by atoms with Gasteiger partial charge in [-0.15, -0.1) is 6.58 Å². The number of benzene rings is 2. The van der Waals surface area contributed by atoms with Gasteiger partial charge in [-0.05, 0) is 29.8 Å². The van der Waals surface area contributed by atoms with Gasteiger partial charge in [-0.3, -0.25) is 9.59 Å². The molecule has 0 bridgehead atoms. The first kappa shape index (κ1) is 18.8. The molecule has 0 saturated carbocycles. The van der Waals surface area contributed by atoms with Crippen molar-refractivity contribution in [3.05, 3.63) is 77.7 Å². The Morgan fingerprint density at radius 3 is 2.85 bits per heavy atom. The predicted octanol–water partition coefficient (Wildman–Crippen LogP) is 3.52. The summed E-state index contributed by atoms with van der Waals surface area (Å²) >= 11 is 1.31. The zero-order chi connectivity index (χ0) is 19.2. The van der Waals surface area contributed by atoms with Crippen molar-refractivity contribution in [3.63, 3.8) is 0 Å². The van der Waals surface area contributed by atoms with E-state index in [1.165, 1.54) is 17.8 Å². The molecule has 0 spiro atoms. The van der Waals surface area contributed by atoms with Crippen LogP contribution in [0, 0.1) is 0 Å². The first-order chi connectivity index (χ1) is 13.1. The van der Waals surface area contributed by atoms with E-state index in [9.17, 15) is 9.59 Å². The highest BCUT2D eigenvalue weighted by molar-refractivity contribution is 8.04. The first-order valence-electron chi connectivity index (χ1n) is 8.44. The van der Waals surface area contributed by atoms with E-state index in [0.29, 0.717) is 18.0 Å². The topological polar surface area (TPSA) is 58.6 Å². The second kappa shape index (κ2) is 8.60. The van der Waals surface area contributed by atoms with E-state index in [1.807, 2.05) is 48.5 Å². The Morgan fingerprint density at radius 2 is 2.07 bits per heavy atom. The SMILES string of the molecule is C=CCNC(=O)/C=C1/Sc2ccccc2N(Cc2cccc(OC)c2)C1=O. The number of amides is 2. The minimum atomic E-state index is -0.313. The Kier molecular flexibility index (Phi) is 5.98. The highest BCUT2D eigenvalue weighted by Gasteiger charge is 2.29. The molecule has 0 fully saturated rings. The maximum atomic E-state index is 13.1. The van der Waals surface area contributed by atoms with Crippen molar-refractivity contribution in [2.75, 3.05) is 18.6 Å². The molecule has 3 rings (SSSR count). The molecule has 2 aromatic carbocycles. The highest BCUT2D eigenvalue weighted by Crippen LogP contribution is 2.41. The quantitative estimate of drug-likeness (QED) is 0.615. The summed E-state index contributed by atoms with van der Waals surface area (Å²) in [6, 6.07) is 15.3. The minimum Gasteiger partial charge on any atom is -0.497 e. The Bertz CT molecular complexity index is 908. The number of hydrogen-bond acceptors (Lipinski definition) is 4. The minimum absolute atomic E-state index is 0.199. The van der Waals surface area contributed by atoms with Crippen LogP contribution in [-0.4, -0.2) is 25.5 Å². The second-order valence-corrected chi connectivity index (χ2v) is 6.94. The first-order valence-corrected chi connectivity index (χ1v) is 9.26. The average Bonchev–Trinajstić information content (AvgIpc) is 2.69. The van der Waals surface area contributed by atoms with Gasteiger partial charge in [-0.25, -0.2) is 0 Å². The van der Waals surface area contributed by atoms with Crippen LogP contribution in [0.4, 0.5) is 5.69 Å². The van der Waals surface area contributed by atoms with Crippen LogP contribution in [0.1, 0.15) is 5.56 Å². The fraction of sp³-hybridized carbons (Fsp3) is 0.143. The summed E-state index contributed by atoms with van der Waals surface area (Å²) in [5.74, 6) is 0.223. The van der Waals surface area contributed by atoms with E-state index in [4.69, 9.17) is 4.74 Å². The number of carbonyl (C=O) groups is 2. The fourth-order valence-electron chi connectivity index (χ4n) is 2.72. The van der Waals surface area contributed by atoms with Crippen molar-refractivity contribution in [2.45, 2.75) is 11.4 Å². The standard InChI is InChI=1S/C21H20N2O3S/c1-3-11-22-20(24)13-19-21(25)23(17-9-4-5-10-18(17)27-19)14-15-7-6-8-16(12-15)26-2/h3-10,12-13H,1,11,14H2,2H3,(H,22,24)/b19-13+. The van der Waals surface area contributed by atoms with Gasteiger partial charge in [0.1, 0.15) is 5.75 Å². The third-order valence-corrected chi connectivity index (χ3v) is 5.07. The summed E-state index contributed by atoms with van der Waals surface area (Å²) in [6.07, 6.45) is 2.95. The highest BCUT2D eigenvalue weighted by atomic mass is 32.2. The molecular weight excluding hydrogens is 360 g/mol. The summed E-state index contributed by atoms with van der Waals surface area (Å²) in [7, 11) is 1.61. The normalized spacial score (nSPS) is 14.6. The lowest BCUT2D eigenvalue weighted by Crippen LogP contribution is -2.34. The maximum Gasteiger partial charge on any atom is 0.265 e. The van der Waals surface area contributed by atoms with Crippen molar-refractivity contribution >= 4 is 29.3 Å². The molecule has 2 aromatic rings. The van der Waals surface area contributed by atoms with Gasteiger partial charge in [0.25, 0.3) is 5.91 Å². The predicted molar refractivity (Wildman–Crippen MR) is 108 cm³/mol. The van der Waals surface area contributed by atoms with Gasteiger partial charge in [-0.2, -0.15) is 0 Å². The molecule has 0 aromatic heterocycles. The van der Waals surface area contributed by atoms with Gasteiger partial charge in [0.05, 0.1) is 24.2 Å². The number of nitrogens with zero attached hydrogens (tertiary/aromatic N) is 1. The van der Waals surface area contributed by atoms with E-state index in [2.05, 4.69) is 11.9 Å². The number of thioether (sulfide) groups is 1.